The molecule has 68 valence electrons. The second-order valence-corrected chi connectivity index (χ2v) is 5.00. The average Bonchev–Trinajstić information content (AvgIpc) is 1.85. The molecule has 1 rings (SSSR count). The van der Waals surface area contributed by atoms with E-state index >= 15 is 0 Å². The molecule has 0 aliphatic heterocycles. The molecule has 0 saturated heterocycles. The van der Waals surface area contributed by atoms with Gasteiger partial charge in [0.05, 0.1) is 6.26 Å². The third kappa shape index (κ3) is 3.72. The summed E-state index contributed by atoms with van der Waals surface area (Å²) in [6.07, 6.45) is 6.81. The van der Waals surface area contributed by atoms with Crippen molar-refractivity contribution in [3.63, 3.8) is 0 Å². The molecule has 1 aliphatic rings. The largest absolute Gasteiger partial charge is 0.213 e. The summed E-state index contributed by atoms with van der Waals surface area (Å²) in [4.78, 5) is 0. The molecule has 1 fully saturated rings. The normalized spacial score (nSPS) is 21.9. The molecule has 1 N–H and O–H groups in total. The van der Waals surface area contributed by atoms with E-state index in [1.165, 1.54) is 12.7 Å². The molecule has 0 radical (unpaired) electrons. The van der Waals surface area contributed by atoms with E-state index in [2.05, 4.69) is 4.72 Å². The lowest BCUT2D eigenvalue weighted by molar-refractivity contribution is 0.413. The van der Waals surface area contributed by atoms with Crippen LogP contribution < -0.4 is 4.72 Å². The number of hydrogen-bond donors (Lipinski definition) is 1. The standard InChI is InChI=1S/C7H15NO2S.H2/c1-11(9,10)8-7-5-3-2-4-6-7;/h7-8H,2-6H2,1H3;1H. The van der Waals surface area contributed by atoms with E-state index in [1.54, 1.807) is 0 Å². The van der Waals surface area contributed by atoms with Gasteiger partial charge in [-0.05, 0) is 12.8 Å². The Hall–Kier alpha value is -0.0900. The van der Waals surface area contributed by atoms with Gasteiger partial charge >= 0.3 is 0 Å². The highest BCUT2D eigenvalue weighted by molar-refractivity contribution is 7.88. The van der Waals surface area contributed by atoms with E-state index < -0.39 is 10.0 Å². The lowest BCUT2D eigenvalue weighted by Crippen LogP contribution is -2.35. The summed E-state index contributed by atoms with van der Waals surface area (Å²) in [5.74, 6) is 0. The van der Waals surface area contributed by atoms with E-state index in [-0.39, 0.29) is 7.47 Å². The molecule has 4 heteroatoms. The molecule has 0 unspecified atom stereocenters. The molecule has 0 aromatic rings. The van der Waals surface area contributed by atoms with E-state index in [9.17, 15) is 8.42 Å². The fourth-order valence-corrected chi connectivity index (χ4v) is 2.36. The first-order chi connectivity index (χ1) is 5.08. The van der Waals surface area contributed by atoms with Crippen LogP contribution in [-0.2, 0) is 10.0 Å². The first-order valence-electron chi connectivity index (χ1n) is 4.05. The highest BCUT2D eigenvalue weighted by Crippen LogP contribution is 2.17. The van der Waals surface area contributed by atoms with Gasteiger partial charge in [-0.15, -0.1) is 0 Å². The predicted octanol–water partition coefficient (Wildman–Crippen LogP) is 1.11. The SMILES string of the molecule is CS(=O)(=O)NC1CCCCC1.[HH]. The average molecular weight is 179 g/mol. The van der Waals surface area contributed by atoms with Gasteiger partial charge in [-0.2, -0.15) is 0 Å². The summed E-state index contributed by atoms with van der Waals surface area (Å²) >= 11 is 0. The number of rotatable bonds is 2. The second kappa shape index (κ2) is 3.54. The fourth-order valence-electron chi connectivity index (χ4n) is 1.52. The van der Waals surface area contributed by atoms with Crippen LogP contribution in [0, 0.1) is 0 Å². The lowest BCUT2D eigenvalue weighted by atomic mass is 9.96. The van der Waals surface area contributed by atoms with Crippen LogP contribution in [0.5, 0.6) is 0 Å². The van der Waals surface area contributed by atoms with Gasteiger partial charge < -0.3 is 0 Å². The van der Waals surface area contributed by atoms with Crippen LogP contribution in [-0.4, -0.2) is 20.7 Å². The van der Waals surface area contributed by atoms with E-state index in [0.717, 1.165) is 25.7 Å². The topological polar surface area (TPSA) is 46.2 Å². The molecular weight excluding hydrogens is 162 g/mol. The van der Waals surface area contributed by atoms with Crippen LogP contribution in [0.25, 0.3) is 0 Å². The summed E-state index contributed by atoms with van der Waals surface area (Å²) in [7, 11) is -2.97. The Balaban J connectivity index is 0.00000121. The van der Waals surface area contributed by atoms with Crippen molar-refractivity contribution in [2.24, 2.45) is 0 Å². The van der Waals surface area contributed by atoms with Crippen molar-refractivity contribution in [1.29, 1.82) is 0 Å². The maximum Gasteiger partial charge on any atom is 0.208 e. The zero-order chi connectivity index (χ0) is 8.32. The minimum absolute atomic E-state index is 0. The Bertz CT molecular complexity index is 209. The lowest BCUT2D eigenvalue weighted by Gasteiger charge is -2.21. The van der Waals surface area contributed by atoms with Gasteiger partial charge in [-0.3, -0.25) is 0 Å². The van der Waals surface area contributed by atoms with Crippen molar-refractivity contribution in [3.8, 4) is 0 Å². The molecule has 0 heterocycles. The van der Waals surface area contributed by atoms with Gasteiger partial charge in [0.2, 0.25) is 10.0 Å². The highest BCUT2D eigenvalue weighted by Gasteiger charge is 2.16. The molecule has 11 heavy (non-hydrogen) atoms. The number of nitrogens with one attached hydrogen (secondary N) is 1. The summed E-state index contributed by atoms with van der Waals surface area (Å²) in [6, 6.07) is 0.207. The van der Waals surface area contributed by atoms with Gasteiger partial charge in [0.1, 0.15) is 0 Å². The van der Waals surface area contributed by atoms with Crippen LogP contribution >= 0.6 is 0 Å². The third-order valence-corrected chi connectivity index (χ3v) is 2.75. The minimum atomic E-state index is -2.97. The molecule has 0 atom stereocenters. The Morgan fingerprint density at radius 1 is 1.27 bits per heavy atom. The summed E-state index contributed by atoms with van der Waals surface area (Å²) < 4.78 is 24.2. The Labute approximate surface area is 69.7 Å². The van der Waals surface area contributed by atoms with Crippen molar-refractivity contribution in [1.82, 2.24) is 4.72 Å². The van der Waals surface area contributed by atoms with Crippen molar-refractivity contribution in [2.75, 3.05) is 6.26 Å². The Morgan fingerprint density at radius 2 is 1.82 bits per heavy atom. The zero-order valence-corrected chi connectivity index (χ0v) is 7.65. The molecule has 0 bridgehead atoms. The quantitative estimate of drug-likeness (QED) is 0.690. The molecule has 0 aromatic carbocycles. The van der Waals surface area contributed by atoms with Crippen molar-refractivity contribution in [3.05, 3.63) is 0 Å². The molecular formula is C7H17NO2S. The summed E-state index contributed by atoms with van der Waals surface area (Å²) in [5, 5.41) is 0. The van der Waals surface area contributed by atoms with Crippen LogP contribution in [0.15, 0.2) is 0 Å². The highest BCUT2D eigenvalue weighted by atomic mass is 32.2. The monoisotopic (exact) mass is 179 g/mol. The van der Waals surface area contributed by atoms with Gasteiger partial charge in [-0.25, -0.2) is 13.1 Å². The smallest absolute Gasteiger partial charge is 0.208 e. The van der Waals surface area contributed by atoms with Crippen molar-refractivity contribution >= 4 is 10.0 Å². The Morgan fingerprint density at radius 3 is 2.27 bits per heavy atom. The fraction of sp³-hybridized carbons (Fsp3) is 1.00. The summed E-state index contributed by atoms with van der Waals surface area (Å²) in [6.45, 7) is 0. The predicted molar refractivity (Wildman–Crippen MR) is 47.0 cm³/mol. The van der Waals surface area contributed by atoms with Crippen molar-refractivity contribution in [2.45, 2.75) is 38.1 Å². The molecule has 0 aromatic heterocycles. The minimum Gasteiger partial charge on any atom is -0.213 e. The van der Waals surface area contributed by atoms with Crippen LogP contribution in [0.4, 0.5) is 0 Å². The zero-order valence-electron chi connectivity index (χ0n) is 6.84. The maximum absolute atomic E-state index is 10.8. The van der Waals surface area contributed by atoms with E-state index in [4.69, 9.17) is 0 Å². The van der Waals surface area contributed by atoms with Gasteiger partial charge in [0.25, 0.3) is 0 Å². The molecule has 1 aliphatic carbocycles. The number of hydrogen-bond acceptors (Lipinski definition) is 2. The van der Waals surface area contributed by atoms with E-state index in [1.807, 2.05) is 0 Å². The van der Waals surface area contributed by atoms with Crippen LogP contribution in [0.2, 0.25) is 0 Å². The third-order valence-electron chi connectivity index (χ3n) is 1.99. The second-order valence-electron chi connectivity index (χ2n) is 3.22. The molecule has 0 amide bonds. The Kier molecular flexibility index (Phi) is 2.90. The van der Waals surface area contributed by atoms with E-state index in [0.29, 0.717) is 0 Å². The van der Waals surface area contributed by atoms with Gasteiger partial charge in [0.15, 0.2) is 0 Å². The number of sulfonamides is 1. The maximum atomic E-state index is 10.8. The first-order valence-corrected chi connectivity index (χ1v) is 5.94. The first kappa shape index (κ1) is 9.00. The molecule has 3 nitrogen and oxygen atoms in total. The van der Waals surface area contributed by atoms with Crippen LogP contribution in [0.1, 0.15) is 33.5 Å². The van der Waals surface area contributed by atoms with Crippen molar-refractivity contribution < 1.29 is 9.84 Å². The molecule has 0 spiro atoms. The summed E-state index contributed by atoms with van der Waals surface area (Å²) in [5.41, 5.74) is 0. The molecule has 1 saturated carbocycles. The van der Waals surface area contributed by atoms with Gasteiger partial charge in [0, 0.05) is 7.47 Å². The van der Waals surface area contributed by atoms with Gasteiger partial charge in [-0.1, -0.05) is 19.3 Å². The van der Waals surface area contributed by atoms with Crippen LogP contribution in [0.3, 0.4) is 0 Å².